The highest BCUT2D eigenvalue weighted by Gasteiger charge is 2.30. The van der Waals surface area contributed by atoms with Gasteiger partial charge in [0.15, 0.2) is 0 Å². The molecule has 0 spiro atoms. The molecule has 2 aliphatic rings. The largest absolute Gasteiger partial charge is 0.311 e. The van der Waals surface area contributed by atoms with E-state index >= 15 is 0 Å². The Morgan fingerprint density at radius 2 is 0.822 bits per heavy atom. The van der Waals surface area contributed by atoms with Crippen LogP contribution in [0.4, 0.5) is 17.1 Å². The Hall–Kier alpha value is -6.17. The summed E-state index contributed by atoms with van der Waals surface area (Å²) >= 11 is 0. The van der Waals surface area contributed by atoms with Crippen molar-refractivity contribution in [3.05, 3.63) is 163 Å². The van der Waals surface area contributed by atoms with Gasteiger partial charge in [-0.05, 0) is 121 Å². The van der Waals surface area contributed by atoms with E-state index in [0.29, 0.717) is 5.56 Å². The number of para-hydroxylation sites is 1. The molecule has 0 saturated heterocycles. The first kappa shape index (κ1) is 25.3. The molecular formula is C43H26N2. The summed E-state index contributed by atoms with van der Waals surface area (Å²) in [6.45, 7) is 0. The van der Waals surface area contributed by atoms with E-state index in [0.717, 1.165) is 17.1 Å². The Bertz CT molecular complexity index is 2290. The van der Waals surface area contributed by atoms with Crippen LogP contribution in [-0.4, -0.2) is 0 Å². The Morgan fingerprint density at radius 3 is 1.47 bits per heavy atom. The van der Waals surface area contributed by atoms with Crippen LogP contribution in [0.5, 0.6) is 0 Å². The third-order valence-electron chi connectivity index (χ3n) is 9.21. The first-order valence-electron chi connectivity index (χ1n) is 15.3. The molecule has 208 valence electrons. The Balaban J connectivity index is 1.18. The lowest BCUT2D eigenvalue weighted by atomic mass is 9.83. The second-order valence-corrected chi connectivity index (χ2v) is 11.6. The minimum absolute atomic E-state index is 0.650. The zero-order valence-electron chi connectivity index (χ0n) is 24.4. The molecule has 45 heavy (non-hydrogen) atoms. The van der Waals surface area contributed by atoms with Gasteiger partial charge in [-0.25, -0.2) is 0 Å². The molecule has 2 nitrogen and oxygen atoms in total. The topological polar surface area (TPSA) is 27.0 Å². The molecule has 0 saturated carbocycles. The summed E-state index contributed by atoms with van der Waals surface area (Å²) in [6, 6.07) is 58.5. The van der Waals surface area contributed by atoms with Gasteiger partial charge in [-0.2, -0.15) is 5.26 Å². The highest BCUT2D eigenvalue weighted by atomic mass is 15.1. The van der Waals surface area contributed by atoms with E-state index in [-0.39, 0.29) is 0 Å². The average molecular weight is 571 g/mol. The van der Waals surface area contributed by atoms with Crippen molar-refractivity contribution in [3.63, 3.8) is 0 Å². The molecule has 0 fully saturated rings. The van der Waals surface area contributed by atoms with Crippen molar-refractivity contribution >= 4 is 17.1 Å². The van der Waals surface area contributed by atoms with Gasteiger partial charge in [-0.1, -0.05) is 103 Å². The Labute approximate surface area is 262 Å². The van der Waals surface area contributed by atoms with Gasteiger partial charge in [-0.3, -0.25) is 0 Å². The second kappa shape index (κ2) is 9.95. The van der Waals surface area contributed by atoms with Crippen LogP contribution in [0.2, 0.25) is 0 Å². The molecular weight excluding hydrogens is 544 g/mol. The quantitative estimate of drug-likeness (QED) is 0.210. The highest BCUT2D eigenvalue weighted by molar-refractivity contribution is 6.15. The molecule has 0 N–H and O–H groups in total. The number of hydrogen-bond acceptors (Lipinski definition) is 2. The van der Waals surface area contributed by atoms with E-state index in [2.05, 4.69) is 138 Å². The number of benzene rings is 7. The maximum absolute atomic E-state index is 9.33. The van der Waals surface area contributed by atoms with Crippen molar-refractivity contribution in [1.29, 1.82) is 5.26 Å². The first-order chi connectivity index (χ1) is 22.3. The van der Waals surface area contributed by atoms with Crippen LogP contribution >= 0.6 is 0 Å². The van der Waals surface area contributed by atoms with Crippen molar-refractivity contribution in [2.75, 3.05) is 4.90 Å². The van der Waals surface area contributed by atoms with Crippen LogP contribution in [0.3, 0.4) is 0 Å². The van der Waals surface area contributed by atoms with Crippen LogP contribution < -0.4 is 4.90 Å². The van der Waals surface area contributed by atoms with Crippen LogP contribution in [0.1, 0.15) is 5.56 Å². The molecule has 7 aromatic rings. The van der Waals surface area contributed by atoms with Gasteiger partial charge in [0.1, 0.15) is 0 Å². The summed E-state index contributed by atoms with van der Waals surface area (Å²) in [7, 11) is 0. The molecule has 0 aliphatic heterocycles. The van der Waals surface area contributed by atoms with Crippen LogP contribution in [0.15, 0.2) is 158 Å². The lowest BCUT2D eigenvalue weighted by Crippen LogP contribution is -2.09. The molecule has 0 amide bonds. The second-order valence-electron chi connectivity index (χ2n) is 11.6. The summed E-state index contributed by atoms with van der Waals surface area (Å²) in [4.78, 5) is 2.22. The summed E-state index contributed by atoms with van der Waals surface area (Å²) in [6.07, 6.45) is 0. The van der Waals surface area contributed by atoms with E-state index < -0.39 is 0 Å². The van der Waals surface area contributed by atoms with Gasteiger partial charge >= 0.3 is 0 Å². The lowest BCUT2D eigenvalue weighted by Gasteiger charge is -2.25. The Morgan fingerprint density at radius 1 is 0.356 bits per heavy atom. The molecule has 0 unspecified atom stereocenters. The standard InChI is InChI=1S/C43H26N2/c44-27-28-16-21-32(22-17-28)45(31-8-2-1-3-9-31)33-23-18-29(19-24-33)30-20-25-35-38-13-7-14-39-40-15-6-12-37(43(40)41(35)26-30)34-10-4-5-11-36(34)42(38)39/h1-26H. The molecule has 9 rings (SSSR count). The molecule has 2 aliphatic carbocycles. The molecule has 0 aromatic heterocycles. The maximum Gasteiger partial charge on any atom is 0.0991 e. The van der Waals surface area contributed by atoms with E-state index in [1.807, 2.05) is 30.3 Å². The van der Waals surface area contributed by atoms with Crippen molar-refractivity contribution < 1.29 is 0 Å². The van der Waals surface area contributed by atoms with E-state index in [1.54, 1.807) is 0 Å². The molecule has 7 aromatic carbocycles. The lowest BCUT2D eigenvalue weighted by molar-refractivity contribution is 1.28. The van der Waals surface area contributed by atoms with Gasteiger partial charge in [0, 0.05) is 17.1 Å². The first-order valence-corrected chi connectivity index (χ1v) is 15.3. The number of nitriles is 1. The number of hydrogen-bond donors (Lipinski definition) is 0. The van der Waals surface area contributed by atoms with Crippen molar-refractivity contribution in [2.24, 2.45) is 0 Å². The normalized spacial score (nSPS) is 11.5. The van der Waals surface area contributed by atoms with Gasteiger partial charge in [0.05, 0.1) is 11.6 Å². The van der Waals surface area contributed by atoms with Crippen molar-refractivity contribution in [3.8, 4) is 72.8 Å². The SMILES string of the molecule is N#Cc1ccc(N(c2ccccc2)c2ccc(-c3ccc4c(c3)-c3c5cccc3-c3cccc-4c3-c3ccccc3-5)cc2)cc1. The fourth-order valence-corrected chi connectivity index (χ4v) is 7.20. The average Bonchev–Trinajstić information content (AvgIpc) is 3.22. The zero-order valence-corrected chi connectivity index (χ0v) is 24.4. The third kappa shape index (κ3) is 3.88. The number of nitrogens with zero attached hydrogens (tertiary/aromatic N) is 2. The zero-order chi connectivity index (χ0) is 29.9. The fourth-order valence-electron chi connectivity index (χ4n) is 7.20. The smallest absolute Gasteiger partial charge is 0.0991 e. The number of fused-ring (bicyclic) bond motifs is 4. The van der Waals surface area contributed by atoms with Gasteiger partial charge in [0.25, 0.3) is 0 Å². The molecule has 0 atom stereocenters. The predicted octanol–water partition coefficient (Wildman–Crippen LogP) is 11.7. The number of rotatable bonds is 4. The monoisotopic (exact) mass is 570 g/mol. The summed E-state index contributed by atoms with van der Waals surface area (Å²) in [5.74, 6) is 0. The van der Waals surface area contributed by atoms with Crippen LogP contribution in [0, 0.1) is 11.3 Å². The predicted molar refractivity (Wildman–Crippen MR) is 186 cm³/mol. The molecule has 0 radical (unpaired) electrons. The van der Waals surface area contributed by atoms with E-state index in [1.165, 1.54) is 66.8 Å². The van der Waals surface area contributed by atoms with Crippen molar-refractivity contribution in [1.82, 2.24) is 0 Å². The van der Waals surface area contributed by atoms with Gasteiger partial charge in [-0.15, -0.1) is 0 Å². The van der Waals surface area contributed by atoms with Gasteiger partial charge in [0.2, 0.25) is 0 Å². The van der Waals surface area contributed by atoms with E-state index in [4.69, 9.17) is 0 Å². The van der Waals surface area contributed by atoms with Crippen LogP contribution in [0.25, 0.3) is 66.8 Å². The highest BCUT2D eigenvalue weighted by Crippen LogP contribution is 2.57. The van der Waals surface area contributed by atoms with E-state index in [9.17, 15) is 5.26 Å². The summed E-state index contributed by atoms with van der Waals surface area (Å²) < 4.78 is 0. The minimum Gasteiger partial charge on any atom is -0.311 e. The summed E-state index contributed by atoms with van der Waals surface area (Å²) in [5, 5.41) is 9.33. The minimum atomic E-state index is 0.650. The molecule has 2 heteroatoms. The third-order valence-corrected chi connectivity index (χ3v) is 9.21. The van der Waals surface area contributed by atoms with Gasteiger partial charge < -0.3 is 4.90 Å². The van der Waals surface area contributed by atoms with Crippen molar-refractivity contribution in [2.45, 2.75) is 0 Å². The molecule has 6 bridgehead atoms. The fraction of sp³-hybridized carbons (Fsp3) is 0. The maximum atomic E-state index is 9.33. The molecule has 0 heterocycles. The Kier molecular flexibility index (Phi) is 5.60. The number of anilines is 3. The van der Waals surface area contributed by atoms with Crippen LogP contribution in [-0.2, 0) is 0 Å². The summed E-state index contributed by atoms with van der Waals surface area (Å²) in [5.41, 5.74) is 19.1.